The maximum atomic E-state index is 4.52. The minimum Gasteiger partial charge on any atom is -0.329 e. The Bertz CT molecular complexity index is 564. The number of hydrogen-bond donors (Lipinski definition) is 1. The van der Waals surface area contributed by atoms with Crippen molar-refractivity contribution in [3.05, 3.63) is 53.2 Å². The summed E-state index contributed by atoms with van der Waals surface area (Å²) in [5, 5.41) is 3.19. The lowest BCUT2D eigenvalue weighted by atomic mass is 10.1. The molecule has 0 spiro atoms. The van der Waals surface area contributed by atoms with Crippen LogP contribution in [0.3, 0.4) is 0 Å². The fourth-order valence-electron chi connectivity index (χ4n) is 2.36. The summed E-state index contributed by atoms with van der Waals surface area (Å²) >= 11 is 0. The Morgan fingerprint density at radius 1 is 1.21 bits per heavy atom. The topological polar surface area (TPSA) is 28.2 Å². The van der Waals surface area contributed by atoms with Crippen molar-refractivity contribution in [1.82, 2.24) is 10.3 Å². The zero-order chi connectivity index (χ0) is 13.8. The molecule has 0 saturated carbocycles. The fourth-order valence-corrected chi connectivity index (χ4v) is 2.36. The number of anilines is 2. The molecule has 0 atom stereocenters. The maximum absolute atomic E-state index is 4.52. The lowest BCUT2D eigenvalue weighted by Crippen LogP contribution is -2.17. The van der Waals surface area contributed by atoms with Crippen molar-refractivity contribution in [1.29, 1.82) is 0 Å². The minimum absolute atomic E-state index is 0.818. The molecule has 3 nitrogen and oxygen atoms in total. The Morgan fingerprint density at radius 3 is 2.68 bits per heavy atom. The van der Waals surface area contributed by atoms with Crippen molar-refractivity contribution >= 4 is 11.5 Å². The summed E-state index contributed by atoms with van der Waals surface area (Å²) in [6, 6.07) is 10.6. The summed E-state index contributed by atoms with van der Waals surface area (Å²) < 4.78 is 0. The average Bonchev–Trinajstić information content (AvgIpc) is 2.39. The lowest BCUT2D eigenvalue weighted by molar-refractivity contribution is 0.810. The molecule has 0 radical (unpaired) electrons. The molecule has 0 amide bonds. The van der Waals surface area contributed by atoms with E-state index in [2.05, 4.69) is 60.4 Å². The summed E-state index contributed by atoms with van der Waals surface area (Å²) in [4.78, 5) is 6.68. The quantitative estimate of drug-likeness (QED) is 0.909. The summed E-state index contributed by atoms with van der Waals surface area (Å²) in [6.45, 7) is 5.07. The van der Waals surface area contributed by atoms with Crippen molar-refractivity contribution in [2.45, 2.75) is 20.4 Å². The number of aryl methyl sites for hydroxylation is 2. The predicted molar refractivity (Wildman–Crippen MR) is 81.0 cm³/mol. The first-order chi connectivity index (χ1) is 9.13. The van der Waals surface area contributed by atoms with Crippen LogP contribution in [0.2, 0.25) is 0 Å². The summed E-state index contributed by atoms with van der Waals surface area (Å²) in [5.41, 5.74) is 4.95. The monoisotopic (exact) mass is 255 g/mol. The molecule has 1 aromatic heterocycles. The molecule has 1 N–H and O–H groups in total. The highest BCUT2D eigenvalue weighted by Gasteiger charge is 2.11. The molecule has 0 saturated heterocycles. The van der Waals surface area contributed by atoms with Gasteiger partial charge in [0.1, 0.15) is 5.82 Å². The highest BCUT2D eigenvalue weighted by Crippen LogP contribution is 2.28. The van der Waals surface area contributed by atoms with E-state index in [0.29, 0.717) is 0 Å². The molecule has 0 aliphatic carbocycles. The van der Waals surface area contributed by atoms with Crippen LogP contribution in [0.5, 0.6) is 0 Å². The molecule has 0 fully saturated rings. The van der Waals surface area contributed by atoms with Crippen molar-refractivity contribution in [3.8, 4) is 0 Å². The van der Waals surface area contributed by atoms with Crippen molar-refractivity contribution in [2.75, 3.05) is 19.0 Å². The Hall–Kier alpha value is -1.87. The molecular formula is C16H21N3. The predicted octanol–water partition coefficient (Wildman–Crippen LogP) is 3.19. The molecule has 0 aliphatic heterocycles. The van der Waals surface area contributed by atoms with Crippen LogP contribution in [0.4, 0.5) is 11.5 Å². The molecule has 2 aromatic rings. The summed E-state index contributed by atoms with van der Waals surface area (Å²) in [6.07, 6.45) is 1.84. The molecule has 0 aliphatic rings. The summed E-state index contributed by atoms with van der Waals surface area (Å²) in [5.74, 6) is 1.00. The number of nitrogens with one attached hydrogen (secondary N) is 1. The number of pyridine rings is 1. The van der Waals surface area contributed by atoms with Gasteiger partial charge in [-0.05, 0) is 38.6 Å². The third kappa shape index (κ3) is 2.93. The molecule has 0 bridgehead atoms. The third-order valence-electron chi connectivity index (χ3n) is 3.27. The van der Waals surface area contributed by atoms with Crippen molar-refractivity contribution < 1.29 is 0 Å². The smallest absolute Gasteiger partial charge is 0.137 e. The molecule has 2 rings (SSSR count). The van der Waals surface area contributed by atoms with Crippen molar-refractivity contribution in [2.24, 2.45) is 0 Å². The number of aromatic nitrogens is 1. The van der Waals surface area contributed by atoms with Crippen LogP contribution >= 0.6 is 0 Å². The van der Waals surface area contributed by atoms with Gasteiger partial charge >= 0.3 is 0 Å². The van der Waals surface area contributed by atoms with Crippen LogP contribution in [-0.2, 0) is 6.54 Å². The van der Waals surface area contributed by atoms with Gasteiger partial charge in [-0.2, -0.15) is 0 Å². The second-order valence-corrected chi connectivity index (χ2v) is 4.87. The van der Waals surface area contributed by atoms with Gasteiger partial charge in [-0.15, -0.1) is 0 Å². The SMILES string of the molecule is CNCc1cccnc1N(C)c1ccc(C)cc1C. The molecule has 19 heavy (non-hydrogen) atoms. The van der Waals surface area contributed by atoms with E-state index in [1.165, 1.54) is 22.4 Å². The van der Waals surface area contributed by atoms with Gasteiger partial charge in [0.2, 0.25) is 0 Å². The Labute approximate surface area is 115 Å². The van der Waals surface area contributed by atoms with E-state index < -0.39 is 0 Å². The third-order valence-corrected chi connectivity index (χ3v) is 3.27. The second-order valence-electron chi connectivity index (χ2n) is 4.87. The van der Waals surface area contributed by atoms with Gasteiger partial charge in [0, 0.05) is 31.0 Å². The molecular weight excluding hydrogens is 234 g/mol. The van der Waals surface area contributed by atoms with Gasteiger partial charge in [-0.3, -0.25) is 0 Å². The van der Waals surface area contributed by atoms with Crippen LogP contribution in [0.15, 0.2) is 36.5 Å². The van der Waals surface area contributed by atoms with E-state index in [0.717, 1.165) is 12.4 Å². The highest BCUT2D eigenvalue weighted by molar-refractivity contribution is 5.65. The van der Waals surface area contributed by atoms with Crippen LogP contribution in [0.25, 0.3) is 0 Å². The van der Waals surface area contributed by atoms with E-state index in [4.69, 9.17) is 0 Å². The molecule has 100 valence electrons. The maximum Gasteiger partial charge on any atom is 0.137 e. The van der Waals surface area contributed by atoms with Crippen LogP contribution in [-0.4, -0.2) is 19.1 Å². The Kier molecular flexibility index (Phi) is 4.17. The van der Waals surface area contributed by atoms with Crippen molar-refractivity contribution in [3.63, 3.8) is 0 Å². The Morgan fingerprint density at radius 2 is 2.00 bits per heavy atom. The van der Waals surface area contributed by atoms with Gasteiger partial charge in [-0.25, -0.2) is 4.98 Å². The van der Waals surface area contributed by atoms with Gasteiger partial charge in [0.05, 0.1) is 0 Å². The van der Waals surface area contributed by atoms with E-state index in [-0.39, 0.29) is 0 Å². The Balaban J connectivity index is 2.41. The van der Waals surface area contributed by atoms with Gasteiger partial charge in [-0.1, -0.05) is 23.8 Å². The number of benzene rings is 1. The van der Waals surface area contributed by atoms with Gasteiger partial charge in [0.25, 0.3) is 0 Å². The standard InChI is InChI=1S/C16H21N3/c1-12-7-8-15(13(2)10-12)19(4)16-14(11-17-3)6-5-9-18-16/h5-10,17H,11H2,1-4H3. The van der Waals surface area contributed by atoms with E-state index in [1.807, 2.05) is 19.3 Å². The minimum atomic E-state index is 0.818. The zero-order valence-electron chi connectivity index (χ0n) is 12.1. The largest absolute Gasteiger partial charge is 0.329 e. The van der Waals surface area contributed by atoms with E-state index in [9.17, 15) is 0 Å². The lowest BCUT2D eigenvalue weighted by Gasteiger charge is -2.23. The number of hydrogen-bond acceptors (Lipinski definition) is 3. The zero-order valence-corrected chi connectivity index (χ0v) is 12.1. The number of rotatable bonds is 4. The second kappa shape index (κ2) is 5.85. The van der Waals surface area contributed by atoms with Gasteiger partial charge in [0.15, 0.2) is 0 Å². The average molecular weight is 255 g/mol. The van der Waals surface area contributed by atoms with Crippen LogP contribution in [0.1, 0.15) is 16.7 Å². The van der Waals surface area contributed by atoms with Crippen LogP contribution in [0, 0.1) is 13.8 Å². The fraction of sp³-hybridized carbons (Fsp3) is 0.312. The first kappa shape index (κ1) is 13.6. The molecule has 3 heteroatoms. The first-order valence-electron chi connectivity index (χ1n) is 6.53. The van der Waals surface area contributed by atoms with Crippen LogP contribution < -0.4 is 10.2 Å². The van der Waals surface area contributed by atoms with Gasteiger partial charge < -0.3 is 10.2 Å². The molecule has 1 heterocycles. The highest BCUT2D eigenvalue weighted by atomic mass is 15.2. The number of nitrogens with zero attached hydrogens (tertiary/aromatic N) is 2. The first-order valence-corrected chi connectivity index (χ1v) is 6.53. The molecule has 1 aromatic carbocycles. The van der Waals surface area contributed by atoms with E-state index in [1.54, 1.807) is 0 Å². The molecule has 0 unspecified atom stereocenters. The van der Waals surface area contributed by atoms with E-state index >= 15 is 0 Å². The normalized spacial score (nSPS) is 10.5. The summed E-state index contributed by atoms with van der Waals surface area (Å²) in [7, 11) is 4.02.